The van der Waals surface area contributed by atoms with Gasteiger partial charge in [-0.1, -0.05) is 0 Å². The molecular weight excluding hydrogens is 382 g/mol. The molecule has 1 aromatic carbocycles. The van der Waals surface area contributed by atoms with Gasteiger partial charge in [0.2, 0.25) is 5.91 Å². The van der Waals surface area contributed by atoms with E-state index in [1.807, 2.05) is 18.2 Å². The van der Waals surface area contributed by atoms with Crippen molar-refractivity contribution in [3.63, 3.8) is 0 Å². The van der Waals surface area contributed by atoms with Crippen molar-refractivity contribution >= 4 is 22.8 Å². The van der Waals surface area contributed by atoms with Gasteiger partial charge in [0.15, 0.2) is 0 Å². The lowest BCUT2D eigenvalue weighted by molar-refractivity contribution is -0.122. The summed E-state index contributed by atoms with van der Waals surface area (Å²) in [4.78, 5) is 32.4. The zero-order chi connectivity index (χ0) is 20.8. The third-order valence-electron chi connectivity index (χ3n) is 5.93. The number of nitrogens with zero attached hydrogens (tertiary/aromatic N) is 3. The third-order valence-corrected chi connectivity index (χ3v) is 5.93. The molecule has 1 atom stereocenters. The van der Waals surface area contributed by atoms with Crippen LogP contribution in [0.5, 0.6) is 5.75 Å². The molecule has 2 aromatic heterocycles. The number of imidazole rings is 1. The van der Waals surface area contributed by atoms with Crippen molar-refractivity contribution < 1.29 is 14.3 Å². The summed E-state index contributed by atoms with van der Waals surface area (Å²) in [6, 6.07) is 7.51. The number of aryl methyl sites for hydroxylation is 1. The highest BCUT2D eigenvalue weighted by Gasteiger charge is 2.35. The Hall–Kier alpha value is -3.42. The summed E-state index contributed by atoms with van der Waals surface area (Å²) in [5, 5.41) is 0. The van der Waals surface area contributed by atoms with Crippen molar-refractivity contribution in [3.8, 4) is 17.1 Å². The van der Waals surface area contributed by atoms with Gasteiger partial charge in [0.25, 0.3) is 5.91 Å². The first kappa shape index (κ1) is 18.6. The highest BCUT2D eigenvalue weighted by Crippen LogP contribution is 2.40. The molecule has 2 amide bonds. The second kappa shape index (κ2) is 7.12. The first-order chi connectivity index (χ1) is 14.5. The Labute approximate surface area is 173 Å². The molecule has 154 valence electrons. The summed E-state index contributed by atoms with van der Waals surface area (Å²) in [5.41, 5.74) is 14.8. The van der Waals surface area contributed by atoms with E-state index in [1.54, 1.807) is 12.3 Å². The van der Waals surface area contributed by atoms with Crippen LogP contribution in [-0.4, -0.2) is 33.0 Å². The molecule has 0 bridgehead atoms. The maximum atomic E-state index is 11.9. The summed E-state index contributed by atoms with van der Waals surface area (Å²) in [6.07, 6.45) is 5.11. The van der Waals surface area contributed by atoms with Crippen LogP contribution < -0.4 is 16.2 Å². The number of carbonyl (C=O) groups excluding carboxylic acids is 2. The van der Waals surface area contributed by atoms with Crippen LogP contribution in [0.4, 0.5) is 0 Å². The van der Waals surface area contributed by atoms with Gasteiger partial charge in [-0.3, -0.25) is 14.6 Å². The molecule has 1 saturated carbocycles. The van der Waals surface area contributed by atoms with Crippen molar-refractivity contribution in [2.75, 3.05) is 6.61 Å². The summed E-state index contributed by atoms with van der Waals surface area (Å²) in [5.74, 6) is 0.921. The van der Waals surface area contributed by atoms with Crippen molar-refractivity contribution in [1.29, 1.82) is 0 Å². The topological polar surface area (TPSA) is 126 Å². The number of amides is 2. The molecule has 0 spiro atoms. The van der Waals surface area contributed by atoms with E-state index in [0.717, 1.165) is 59.5 Å². The van der Waals surface area contributed by atoms with E-state index in [4.69, 9.17) is 21.2 Å². The molecule has 0 unspecified atom stereocenters. The fourth-order valence-electron chi connectivity index (χ4n) is 4.31. The molecule has 8 heteroatoms. The van der Waals surface area contributed by atoms with E-state index < -0.39 is 5.91 Å². The zero-order valence-corrected chi connectivity index (χ0v) is 16.5. The van der Waals surface area contributed by atoms with Gasteiger partial charge >= 0.3 is 0 Å². The average Bonchev–Trinajstić information content (AvgIpc) is 3.52. The molecule has 0 saturated heterocycles. The molecular formula is C22H23N5O3. The lowest BCUT2D eigenvalue weighted by Crippen LogP contribution is -2.26. The van der Waals surface area contributed by atoms with Crippen LogP contribution in [-0.2, 0) is 17.8 Å². The summed E-state index contributed by atoms with van der Waals surface area (Å²) >= 11 is 0. The Morgan fingerprint density at radius 2 is 2.07 bits per heavy atom. The second-order valence-electron chi connectivity index (χ2n) is 8.10. The number of primary amides is 2. The summed E-state index contributed by atoms with van der Waals surface area (Å²) in [6.45, 7) is 1.35. The van der Waals surface area contributed by atoms with Crippen molar-refractivity contribution in [2.45, 2.75) is 32.2 Å². The van der Waals surface area contributed by atoms with E-state index >= 15 is 0 Å². The number of carbonyl (C=O) groups is 2. The number of rotatable bonds is 6. The minimum atomic E-state index is -0.576. The number of aromatic nitrogens is 3. The predicted molar refractivity (Wildman–Crippen MR) is 111 cm³/mol. The van der Waals surface area contributed by atoms with Crippen molar-refractivity contribution in [2.24, 2.45) is 23.3 Å². The number of hydrogen-bond acceptors (Lipinski definition) is 5. The normalized spacial score (nSPS) is 16.7. The fourth-order valence-corrected chi connectivity index (χ4v) is 4.31. The van der Waals surface area contributed by atoms with Gasteiger partial charge in [0.05, 0.1) is 12.1 Å². The van der Waals surface area contributed by atoms with E-state index in [1.165, 1.54) is 0 Å². The standard InChI is InChI=1S/C22H23N5O3/c23-20(28)15(13-2-3-13)8-12-9-16-19-18(10-12)30-7-1-6-27(19)22(26-16)14-4-5-25-17(11-14)21(24)29/h4-5,9-11,13,15H,1-3,6-8H2,(H2,23,28)(H2,24,29)/t15-/m0/s1. The van der Waals surface area contributed by atoms with Gasteiger partial charge in [-0.25, -0.2) is 4.98 Å². The number of pyridine rings is 1. The molecule has 3 heterocycles. The van der Waals surface area contributed by atoms with Crippen LogP contribution in [0.25, 0.3) is 22.4 Å². The van der Waals surface area contributed by atoms with Crippen LogP contribution in [0, 0.1) is 11.8 Å². The van der Waals surface area contributed by atoms with Crippen LogP contribution in [0.15, 0.2) is 30.5 Å². The van der Waals surface area contributed by atoms with Crippen molar-refractivity contribution in [1.82, 2.24) is 14.5 Å². The molecule has 1 fully saturated rings. The number of benzene rings is 1. The molecule has 8 nitrogen and oxygen atoms in total. The van der Waals surface area contributed by atoms with E-state index in [-0.39, 0.29) is 17.5 Å². The fraction of sp³-hybridized carbons (Fsp3) is 0.364. The molecule has 30 heavy (non-hydrogen) atoms. The van der Waals surface area contributed by atoms with Gasteiger partial charge in [0.1, 0.15) is 22.8 Å². The van der Waals surface area contributed by atoms with E-state index in [2.05, 4.69) is 9.55 Å². The first-order valence-electron chi connectivity index (χ1n) is 10.2. The van der Waals surface area contributed by atoms with E-state index in [9.17, 15) is 9.59 Å². The molecule has 4 N–H and O–H groups in total. The zero-order valence-electron chi connectivity index (χ0n) is 16.5. The lowest BCUT2D eigenvalue weighted by atomic mass is 9.94. The minimum absolute atomic E-state index is 0.152. The molecule has 3 aromatic rings. The number of hydrogen-bond donors (Lipinski definition) is 2. The molecule has 1 aliphatic carbocycles. The highest BCUT2D eigenvalue weighted by atomic mass is 16.5. The maximum Gasteiger partial charge on any atom is 0.267 e. The monoisotopic (exact) mass is 405 g/mol. The lowest BCUT2D eigenvalue weighted by Gasteiger charge is -2.13. The number of ether oxygens (including phenoxy) is 1. The van der Waals surface area contributed by atoms with Crippen LogP contribution >= 0.6 is 0 Å². The molecule has 2 aliphatic rings. The highest BCUT2D eigenvalue weighted by molar-refractivity contribution is 5.92. The Morgan fingerprint density at radius 3 is 2.80 bits per heavy atom. The Morgan fingerprint density at radius 1 is 1.23 bits per heavy atom. The number of nitrogens with two attached hydrogens (primary N) is 2. The SMILES string of the molecule is NC(=O)c1cc(-c2nc3cc(C[C@H](C(N)=O)C4CC4)cc4c3n2CCCO4)ccn1. The van der Waals surface area contributed by atoms with Gasteiger partial charge in [-0.05, 0) is 61.4 Å². The van der Waals surface area contributed by atoms with Gasteiger partial charge in [0, 0.05) is 24.2 Å². The maximum absolute atomic E-state index is 11.9. The summed E-state index contributed by atoms with van der Waals surface area (Å²) < 4.78 is 8.15. The third kappa shape index (κ3) is 3.28. The quantitative estimate of drug-likeness (QED) is 0.649. The van der Waals surface area contributed by atoms with Gasteiger partial charge in [-0.2, -0.15) is 0 Å². The van der Waals surface area contributed by atoms with Crippen molar-refractivity contribution in [3.05, 3.63) is 41.7 Å². The molecule has 0 radical (unpaired) electrons. The predicted octanol–water partition coefficient (Wildman–Crippen LogP) is 2.03. The van der Waals surface area contributed by atoms with Gasteiger partial charge in [-0.15, -0.1) is 0 Å². The largest absolute Gasteiger partial charge is 0.491 e. The van der Waals surface area contributed by atoms with Crippen LogP contribution in [0.3, 0.4) is 0 Å². The first-order valence-corrected chi connectivity index (χ1v) is 10.2. The van der Waals surface area contributed by atoms with E-state index in [0.29, 0.717) is 18.9 Å². The second-order valence-corrected chi connectivity index (χ2v) is 8.10. The Bertz CT molecular complexity index is 1170. The minimum Gasteiger partial charge on any atom is -0.491 e. The average molecular weight is 405 g/mol. The molecule has 1 aliphatic heterocycles. The molecule has 5 rings (SSSR count). The van der Waals surface area contributed by atoms with Crippen LogP contribution in [0.2, 0.25) is 0 Å². The summed E-state index contributed by atoms with van der Waals surface area (Å²) in [7, 11) is 0. The Kier molecular flexibility index (Phi) is 4.42. The van der Waals surface area contributed by atoms with Gasteiger partial charge < -0.3 is 20.8 Å². The van der Waals surface area contributed by atoms with Crippen LogP contribution in [0.1, 0.15) is 35.3 Å². The Balaban J connectivity index is 1.62. The smallest absolute Gasteiger partial charge is 0.267 e.